The molecule has 0 radical (unpaired) electrons. The molecule has 6 aromatic carbocycles. The van der Waals surface area contributed by atoms with E-state index >= 15 is 0 Å². The van der Waals surface area contributed by atoms with Gasteiger partial charge in [-0.25, -0.2) is 4.98 Å². The van der Waals surface area contributed by atoms with Crippen LogP contribution in [0.4, 0.5) is 0 Å². The maximum absolute atomic E-state index is 5.33. The van der Waals surface area contributed by atoms with Gasteiger partial charge in [0.2, 0.25) is 0 Å². The maximum atomic E-state index is 5.33. The Bertz CT molecular complexity index is 2260. The van der Waals surface area contributed by atoms with E-state index in [1.165, 1.54) is 37.9 Å². The van der Waals surface area contributed by atoms with Gasteiger partial charge in [0.25, 0.3) is 0 Å². The highest BCUT2D eigenvalue weighted by molar-refractivity contribution is 8.00. The number of allylic oxidation sites excluding steroid dienone is 3. The van der Waals surface area contributed by atoms with E-state index in [2.05, 4.69) is 140 Å². The van der Waals surface area contributed by atoms with Crippen LogP contribution in [0.5, 0.6) is 0 Å². The van der Waals surface area contributed by atoms with Crippen molar-refractivity contribution in [1.82, 2.24) is 9.97 Å². The Kier molecular flexibility index (Phi) is 5.60. The largest absolute Gasteiger partial charge is 0.252 e. The van der Waals surface area contributed by atoms with Crippen LogP contribution in [-0.2, 0) is 0 Å². The molecule has 202 valence electrons. The van der Waals surface area contributed by atoms with Gasteiger partial charge in [-0.1, -0.05) is 127 Å². The van der Waals surface area contributed by atoms with Gasteiger partial charge in [0.05, 0.1) is 22.9 Å². The first kappa shape index (κ1) is 24.6. The van der Waals surface area contributed by atoms with Crippen molar-refractivity contribution >= 4 is 44.3 Å². The molecule has 0 saturated heterocycles. The predicted molar refractivity (Wildman–Crippen MR) is 182 cm³/mol. The summed E-state index contributed by atoms with van der Waals surface area (Å²) in [6.45, 7) is 0. The molecule has 43 heavy (non-hydrogen) atoms. The Morgan fingerprint density at radius 3 is 1.91 bits per heavy atom. The summed E-state index contributed by atoms with van der Waals surface area (Å²) in [5.74, 6) is 0.433. The van der Waals surface area contributed by atoms with Crippen LogP contribution in [0.25, 0.3) is 66.1 Å². The zero-order chi connectivity index (χ0) is 28.3. The number of rotatable bonds is 3. The molecule has 9 rings (SSSR count). The van der Waals surface area contributed by atoms with Gasteiger partial charge in [-0.3, -0.25) is 4.98 Å². The lowest BCUT2D eigenvalue weighted by Crippen LogP contribution is -2.06. The minimum absolute atomic E-state index is 0.433. The SMILES string of the molecule is C1=CC2Sc3ccc(-c4ccccc4-c4ccccc4-c4cnc5c6ccccc6c6ccccc6c5n4)cc3C2C=C1. The van der Waals surface area contributed by atoms with Crippen molar-refractivity contribution in [2.75, 3.05) is 0 Å². The molecule has 3 heteroatoms. The molecule has 0 saturated carbocycles. The molecule has 1 aromatic heterocycles. The van der Waals surface area contributed by atoms with Gasteiger partial charge in [-0.2, -0.15) is 0 Å². The van der Waals surface area contributed by atoms with Crippen LogP contribution in [0.15, 0.2) is 151 Å². The monoisotopic (exact) mass is 566 g/mol. The highest BCUT2D eigenvalue weighted by Gasteiger charge is 2.31. The second-order valence-corrected chi connectivity index (χ2v) is 12.5. The third kappa shape index (κ3) is 3.89. The van der Waals surface area contributed by atoms with Crippen molar-refractivity contribution in [3.05, 3.63) is 151 Å². The van der Waals surface area contributed by atoms with Gasteiger partial charge in [-0.15, -0.1) is 11.8 Å². The van der Waals surface area contributed by atoms with E-state index in [0.29, 0.717) is 11.2 Å². The summed E-state index contributed by atoms with van der Waals surface area (Å²) in [6.07, 6.45) is 11.0. The van der Waals surface area contributed by atoms with Crippen LogP contribution in [-0.4, -0.2) is 15.2 Å². The first-order chi connectivity index (χ1) is 21.3. The third-order valence-corrected chi connectivity index (χ3v) is 10.2. The normalized spacial score (nSPS) is 17.0. The van der Waals surface area contributed by atoms with Crippen molar-refractivity contribution < 1.29 is 0 Å². The molecular weight excluding hydrogens is 541 g/mol. The van der Waals surface area contributed by atoms with E-state index in [4.69, 9.17) is 9.97 Å². The van der Waals surface area contributed by atoms with Crippen molar-refractivity contribution in [3.8, 4) is 33.5 Å². The standard InChI is InChI=1S/C40H26N2S/c1-2-12-27(26(11-1)25-21-22-38-35(23-25)32-17-9-10-20-37(32)43-38)28-13-3-6-16-31(28)36-24-41-39-33-18-7-4-14-29(33)30-15-5-8-19-34(30)40(39)42-36/h1-24,32,37H. The molecule has 0 amide bonds. The summed E-state index contributed by atoms with van der Waals surface area (Å²) in [4.78, 5) is 11.8. The van der Waals surface area contributed by atoms with Crippen molar-refractivity contribution in [2.24, 2.45) is 0 Å². The minimum atomic E-state index is 0.433. The number of thioether (sulfide) groups is 1. The third-order valence-electron chi connectivity index (χ3n) is 8.87. The molecule has 0 spiro atoms. The number of hydrogen-bond donors (Lipinski definition) is 0. The number of fused-ring (bicyclic) bond motifs is 9. The second kappa shape index (κ2) is 9.79. The van der Waals surface area contributed by atoms with Crippen molar-refractivity contribution in [3.63, 3.8) is 0 Å². The van der Waals surface area contributed by atoms with E-state index in [1.54, 1.807) is 0 Å². The highest BCUT2D eigenvalue weighted by Crippen LogP contribution is 2.49. The molecule has 2 heterocycles. The Balaban J connectivity index is 1.22. The molecule has 0 fully saturated rings. The summed E-state index contributed by atoms with van der Waals surface area (Å²) in [5, 5.41) is 5.17. The Morgan fingerprint density at radius 1 is 0.535 bits per heavy atom. The summed E-state index contributed by atoms with van der Waals surface area (Å²) in [6, 6.07) is 41.4. The molecule has 7 aromatic rings. The maximum Gasteiger partial charge on any atom is 0.0979 e. The van der Waals surface area contributed by atoms with Gasteiger partial charge >= 0.3 is 0 Å². The van der Waals surface area contributed by atoms with Crippen LogP contribution in [0, 0.1) is 0 Å². The van der Waals surface area contributed by atoms with Gasteiger partial charge in [-0.05, 0) is 50.7 Å². The first-order valence-electron chi connectivity index (χ1n) is 14.7. The van der Waals surface area contributed by atoms with Crippen LogP contribution in [0.2, 0.25) is 0 Å². The molecule has 1 aliphatic heterocycles. The van der Waals surface area contributed by atoms with Gasteiger partial charge in [0, 0.05) is 32.4 Å². The van der Waals surface area contributed by atoms with E-state index in [-0.39, 0.29) is 0 Å². The number of nitrogens with zero attached hydrogens (tertiary/aromatic N) is 2. The van der Waals surface area contributed by atoms with Gasteiger partial charge < -0.3 is 0 Å². The molecule has 0 bridgehead atoms. The predicted octanol–water partition coefficient (Wildman–Crippen LogP) is 10.6. The number of hydrogen-bond acceptors (Lipinski definition) is 3. The number of aromatic nitrogens is 2. The van der Waals surface area contributed by atoms with E-state index < -0.39 is 0 Å². The fraction of sp³-hybridized carbons (Fsp3) is 0.0500. The lowest BCUT2D eigenvalue weighted by molar-refractivity contribution is 0.881. The second-order valence-electron chi connectivity index (χ2n) is 11.3. The quantitative estimate of drug-likeness (QED) is 0.199. The van der Waals surface area contributed by atoms with Crippen LogP contribution >= 0.6 is 11.8 Å². The smallest absolute Gasteiger partial charge is 0.0979 e. The van der Waals surface area contributed by atoms with Crippen LogP contribution in [0.3, 0.4) is 0 Å². The summed E-state index contributed by atoms with van der Waals surface area (Å²) in [7, 11) is 0. The van der Waals surface area contributed by atoms with E-state index in [1.807, 2.05) is 18.0 Å². The Labute approximate surface area is 254 Å². The van der Waals surface area contributed by atoms with Gasteiger partial charge in [0.1, 0.15) is 0 Å². The minimum Gasteiger partial charge on any atom is -0.252 e. The Hall–Kier alpha value is -4.99. The zero-order valence-electron chi connectivity index (χ0n) is 23.3. The zero-order valence-corrected chi connectivity index (χ0v) is 24.1. The number of benzene rings is 6. The molecule has 2 unspecified atom stereocenters. The Morgan fingerprint density at radius 2 is 1.14 bits per heavy atom. The summed E-state index contributed by atoms with van der Waals surface area (Å²) >= 11 is 1.97. The van der Waals surface area contributed by atoms with Crippen molar-refractivity contribution in [1.29, 1.82) is 0 Å². The molecule has 0 N–H and O–H groups in total. The van der Waals surface area contributed by atoms with E-state index in [9.17, 15) is 0 Å². The van der Waals surface area contributed by atoms with Crippen LogP contribution < -0.4 is 0 Å². The lowest BCUT2D eigenvalue weighted by atomic mass is 9.87. The first-order valence-corrected chi connectivity index (χ1v) is 15.6. The average Bonchev–Trinajstić information content (AvgIpc) is 3.46. The highest BCUT2D eigenvalue weighted by atomic mass is 32.2. The topological polar surface area (TPSA) is 25.8 Å². The average molecular weight is 567 g/mol. The van der Waals surface area contributed by atoms with Gasteiger partial charge in [0.15, 0.2) is 0 Å². The summed E-state index contributed by atoms with van der Waals surface area (Å²) < 4.78 is 0. The lowest BCUT2D eigenvalue weighted by Gasteiger charge is -2.17. The van der Waals surface area contributed by atoms with E-state index in [0.717, 1.165) is 38.6 Å². The summed E-state index contributed by atoms with van der Waals surface area (Å²) in [5.41, 5.74) is 10.1. The van der Waals surface area contributed by atoms with Crippen molar-refractivity contribution in [2.45, 2.75) is 16.1 Å². The molecular formula is C40H26N2S. The fourth-order valence-corrected chi connectivity index (χ4v) is 8.20. The fourth-order valence-electron chi connectivity index (χ4n) is 6.87. The van der Waals surface area contributed by atoms with Crippen LogP contribution in [0.1, 0.15) is 11.5 Å². The molecule has 1 aliphatic carbocycles. The molecule has 2 aliphatic rings. The molecule has 2 nitrogen and oxygen atoms in total. The molecule has 2 atom stereocenters.